The largest absolute Gasteiger partial charge is 0.353 e. The number of halogens is 1. The molecular formula is C13H17ClN4. The second-order valence-corrected chi connectivity index (χ2v) is 5.31. The molecule has 4 nitrogen and oxygen atoms in total. The van der Waals surface area contributed by atoms with Crippen molar-refractivity contribution in [2.45, 2.75) is 25.8 Å². The average Bonchev–Trinajstić information content (AvgIpc) is 2.73. The van der Waals surface area contributed by atoms with Gasteiger partial charge < -0.3 is 15.6 Å². The van der Waals surface area contributed by atoms with Crippen molar-refractivity contribution in [3.63, 3.8) is 0 Å². The standard InChI is InChI=1S/C13H17ClN4/c1-8-6-9(14)7-11-12(8)18-13(17-11)16-10-2-4-15-5-3-10/h6-7,10,15H,2-5H2,1H3,(H2,16,17,18). The van der Waals surface area contributed by atoms with Crippen LogP contribution in [0.1, 0.15) is 18.4 Å². The first-order chi connectivity index (χ1) is 8.72. The van der Waals surface area contributed by atoms with Crippen molar-refractivity contribution >= 4 is 28.6 Å². The fourth-order valence-corrected chi connectivity index (χ4v) is 2.75. The number of aryl methyl sites for hydroxylation is 1. The maximum Gasteiger partial charge on any atom is 0.201 e. The number of nitrogens with zero attached hydrogens (tertiary/aromatic N) is 1. The summed E-state index contributed by atoms with van der Waals surface area (Å²) in [6.45, 7) is 4.18. The molecule has 0 saturated carbocycles. The summed E-state index contributed by atoms with van der Waals surface area (Å²) < 4.78 is 0. The van der Waals surface area contributed by atoms with Crippen molar-refractivity contribution in [3.05, 3.63) is 22.7 Å². The molecule has 1 aliphatic heterocycles. The summed E-state index contributed by atoms with van der Waals surface area (Å²) in [5.74, 6) is 0.849. The highest BCUT2D eigenvalue weighted by Crippen LogP contribution is 2.23. The number of hydrogen-bond donors (Lipinski definition) is 3. The zero-order valence-electron chi connectivity index (χ0n) is 10.4. The second kappa shape index (κ2) is 4.78. The van der Waals surface area contributed by atoms with Gasteiger partial charge in [-0.2, -0.15) is 0 Å². The number of H-pyrrole nitrogens is 1. The van der Waals surface area contributed by atoms with Crippen molar-refractivity contribution in [1.82, 2.24) is 15.3 Å². The molecule has 1 aromatic carbocycles. The molecule has 1 aliphatic rings. The monoisotopic (exact) mass is 264 g/mol. The minimum Gasteiger partial charge on any atom is -0.353 e. The van der Waals surface area contributed by atoms with Crippen molar-refractivity contribution in [2.75, 3.05) is 18.4 Å². The summed E-state index contributed by atoms with van der Waals surface area (Å²) in [6, 6.07) is 4.37. The number of hydrogen-bond acceptors (Lipinski definition) is 3. The van der Waals surface area contributed by atoms with Crippen LogP contribution in [0.25, 0.3) is 11.0 Å². The third-order valence-corrected chi connectivity index (χ3v) is 3.64. The molecule has 0 spiro atoms. The summed E-state index contributed by atoms with van der Waals surface area (Å²) in [5.41, 5.74) is 3.10. The van der Waals surface area contributed by atoms with Crippen LogP contribution in [0.2, 0.25) is 5.02 Å². The summed E-state index contributed by atoms with van der Waals surface area (Å²) in [7, 11) is 0. The van der Waals surface area contributed by atoms with Gasteiger partial charge in [-0.15, -0.1) is 0 Å². The summed E-state index contributed by atoms with van der Waals surface area (Å²) in [5, 5.41) is 7.57. The fraction of sp³-hybridized carbons (Fsp3) is 0.462. The third kappa shape index (κ3) is 2.31. The van der Waals surface area contributed by atoms with Crippen LogP contribution in [0.5, 0.6) is 0 Å². The molecular weight excluding hydrogens is 248 g/mol. The number of rotatable bonds is 2. The Morgan fingerprint density at radius 3 is 2.89 bits per heavy atom. The number of fused-ring (bicyclic) bond motifs is 1. The van der Waals surface area contributed by atoms with E-state index in [4.69, 9.17) is 11.6 Å². The summed E-state index contributed by atoms with van der Waals surface area (Å²) >= 11 is 6.05. The second-order valence-electron chi connectivity index (χ2n) is 4.87. The van der Waals surface area contributed by atoms with Gasteiger partial charge in [-0.05, 0) is 50.6 Å². The first-order valence-corrected chi connectivity index (χ1v) is 6.73. The Balaban J connectivity index is 1.86. The first-order valence-electron chi connectivity index (χ1n) is 6.35. The van der Waals surface area contributed by atoms with Crippen LogP contribution in [0.15, 0.2) is 12.1 Å². The van der Waals surface area contributed by atoms with Gasteiger partial charge in [0.05, 0.1) is 11.0 Å². The zero-order valence-corrected chi connectivity index (χ0v) is 11.1. The first kappa shape index (κ1) is 11.8. The van der Waals surface area contributed by atoms with Gasteiger partial charge in [-0.3, -0.25) is 0 Å². The summed E-state index contributed by atoms with van der Waals surface area (Å²) in [4.78, 5) is 7.90. The molecule has 96 valence electrons. The maximum atomic E-state index is 6.05. The van der Waals surface area contributed by atoms with Crippen molar-refractivity contribution in [3.8, 4) is 0 Å². The zero-order chi connectivity index (χ0) is 12.5. The fourth-order valence-electron chi connectivity index (χ4n) is 2.47. The van der Waals surface area contributed by atoms with Crippen LogP contribution < -0.4 is 10.6 Å². The number of benzene rings is 1. The molecule has 0 bridgehead atoms. The lowest BCUT2D eigenvalue weighted by Crippen LogP contribution is -2.35. The van der Waals surface area contributed by atoms with Crippen LogP contribution >= 0.6 is 11.6 Å². The van der Waals surface area contributed by atoms with Crippen LogP contribution in [0.3, 0.4) is 0 Å². The van der Waals surface area contributed by atoms with Crippen molar-refractivity contribution in [1.29, 1.82) is 0 Å². The Kier molecular flexibility index (Phi) is 3.14. The highest BCUT2D eigenvalue weighted by atomic mass is 35.5. The number of aromatic nitrogens is 2. The molecule has 0 radical (unpaired) electrons. The van der Waals surface area contributed by atoms with Gasteiger partial charge in [0.15, 0.2) is 0 Å². The molecule has 1 saturated heterocycles. The Morgan fingerprint density at radius 2 is 2.11 bits per heavy atom. The normalized spacial score (nSPS) is 17.2. The van der Waals surface area contributed by atoms with E-state index >= 15 is 0 Å². The van der Waals surface area contributed by atoms with E-state index in [1.54, 1.807) is 0 Å². The van der Waals surface area contributed by atoms with Crippen LogP contribution in [-0.4, -0.2) is 29.1 Å². The van der Waals surface area contributed by atoms with E-state index in [1.165, 1.54) is 0 Å². The van der Waals surface area contributed by atoms with Crippen LogP contribution in [-0.2, 0) is 0 Å². The van der Waals surface area contributed by atoms with E-state index in [0.717, 1.165) is 53.5 Å². The van der Waals surface area contributed by atoms with Gasteiger partial charge in [0.25, 0.3) is 0 Å². The molecule has 0 atom stereocenters. The molecule has 1 aromatic heterocycles. The molecule has 5 heteroatoms. The van der Waals surface area contributed by atoms with E-state index < -0.39 is 0 Å². The predicted molar refractivity (Wildman–Crippen MR) is 75.4 cm³/mol. The molecule has 0 unspecified atom stereocenters. The highest BCUT2D eigenvalue weighted by molar-refractivity contribution is 6.31. The molecule has 2 heterocycles. The van der Waals surface area contributed by atoms with E-state index in [9.17, 15) is 0 Å². The Labute approximate surface area is 111 Å². The van der Waals surface area contributed by atoms with Crippen molar-refractivity contribution < 1.29 is 0 Å². The number of imidazole rings is 1. The SMILES string of the molecule is Cc1cc(Cl)cc2[nH]c(NC3CCNCC3)nc12. The van der Waals surface area contributed by atoms with E-state index in [0.29, 0.717) is 6.04 Å². The topological polar surface area (TPSA) is 52.7 Å². The van der Waals surface area contributed by atoms with Crippen LogP contribution in [0, 0.1) is 6.92 Å². The molecule has 2 aromatic rings. The van der Waals surface area contributed by atoms with Crippen molar-refractivity contribution in [2.24, 2.45) is 0 Å². The molecule has 0 aliphatic carbocycles. The summed E-state index contributed by atoms with van der Waals surface area (Å²) in [6.07, 6.45) is 2.27. The number of anilines is 1. The molecule has 18 heavy (non-hydrogen) atoms. The average molecular weight is 265 g/mol. The van der Waals surface area contributed by atoms with Gasteiger partial charge >= 0.3 is 0 Å². The van der Waals surface area contributed by atoms with E-state index in [-0.39, 0.29) is 0 Å². The van der Waals surface area contributed by atoms with Gasteiger partial charge in [0, 0.05) is 11.1 Å². The predicted octanol–water partition coefficient (Wildman–Crippen LogP) is 2.69. The van der Waals surface area contributed by atoms with Gasteiger partial charge in [-0.1, -0.05) is 11.6 Å². The van der Waals surface area contributed by atoms with Gasteiger partial charge in [-0.25, -0.2) is 4.98 Å². The third-order valence-electron chi connectivity index (χ3n) is 3.42. The molecule has 3 N–H and O–H groups in total. The van der Waals surface area contributed by atoms with Crippen LogP contribution in [0.4, 0.5) is 5.95 Å². The lowest BCUT2D eigenvalue weighted by molar-refractivity contribution is 0.477. The lowest BCUT2D eigenvalue weighted by atomic mass is 10.1. The quantitative estimate of drug-likeness (QED) is 0.782. The highest BCUT2D eigenvalue weighted by Gasteiger charge is 2.14. The van der Waals surface area contributed by atoms with Gasteiger partial charge in [0.2, 0.25) is 5.95 Å². The minimum absolute atomic E-state index is 0.502. The number of aromatic amines is 1. The van der Waals surface area contributed by atoms with Gasteiger partial charge in [0.1, 0.15) is 0 Å². The van der Waals surface area contributed by atoms with E-state index in [2.05, 4.69) is 20.6 Å². The lowest BCUT2D eigenvalue weighted by Gasteiger charge is -2.23. The Morgan fingerprint density at radius 1 is 1.33 bits per heavy atom. The smallest absolute Gasteiger partial charge is 0.201 e. The Bertz CT molecular complexity index is 557. The number of nitrogens with one attached hydrogen (secondary N) is 3. The number of piperidine rings is 1. The minimum atomic E-state index is 0.502. The van der Waals surface area contributed by atoms with E-state index in [1.807, 2.05) is 19.1 Å². The molecule has 1 fully saturated rings. The Hall–Kier alpha value is -1.26. The molecule has 0 amide bonds. The molecule has 3 rings (SSSR count). The maximum absolute atomic E-state index is 6.05.